The third-order valence-electron chi connectivity index (χ3n) is 3.46. The number of Topliss-reactive ketones (excluding diaryl/α,β-unsaturated/α-hetero) is 1. The maximum atomic E-state index is 12.0. The summed E-state index contributed by atoms with van der Waals surface area (Å²) in [5.74, 6) is -3.96. The van der Waals surface area contributed by atoms with Crippen LogP contribution in [-0.4, -0.2) is 45.4 Å². The van der Waals surface area contributed by atoms with Crippen LogP contribution in [-0.2, 0) is 20.8 Å². The first-order valence-corrected chi connectivity index (χ1v) is 7.02. The SMILES string of the molecule is Cl.N[C@@H](Cc1ccc(O)cc1)C(=O)NCC1=C(O)C(=O)C=C(O)C1=O. The Bertz CT molecular complexity index is 754. The van der Waals surface area contributed by atoms with E-state index in [2.05, 4.69) is 5.32 Å². The summed E-state index contributed by atoms with van der Waals surface area (Å²) in [7, 11) is 0. The van der Waals surface area contributed by atoms with Crippen molar-refractivity contribution >= 4 is 29.9 Å². The molecule has 6 N–H and O–H groups in total. The first-order chi connectivity index (χ1) is 11.3. The summed E-state index contributed by atoms with van der Waals surface area (Å²) in [5, 5.41) is 30.4. The molecule has 0 saturated heterocycles. The molecular formula is C16H17ClN2O6. The Hall–Kier alpha value is -2.84. The number of ketones is 2. The van der Waals surface area contributed by atoms with E-state index >= 15 is 0 Å². The van der Waals surface area contributed by atoms with Crippen LogP contribution in [0.5, 0.6) is 5.75 Å². The van der Waals surface area contributed by atoms with Gasteiger partial charge >= 0.3 is 0 Å². The highest BCUT2D eigenvalue weighted by atomic mass is 35.5. The van der Waals surface area contributed by atoms with Crippen LogP contribution in [0, 0.1) is 0 Å². The van der Waals surface area contributed by atoms with Crippen molar-refractivity contribution in [3.05, 3.63) is 53.0 Å². The monoisotopic (exact) mass is 368 g/mol. The van der Waals surface area contributed by atoms with Gasteiger partial charge in [-0.3, -0.25) is 14.4 Å². The quantitative estimate of drug-likeness (QED) is 0.466. The molecule has 0 aliphatic heterocycles. The second-order valence-electron chi connectivity index (χ2n) is 5.24. The third kappa shape index (κ3) is 4.82. The molecule has 0 fully saturated rings. The van der Waals surface area contributed by atoms with E-state index in [1.807, 2.05) is 0 Å². The molecule has 25 heavy (non-hydrogen) atoms. The van der Waals surface area contributed by atoms with Crippen molar-refractivity contribution in [1.82, 2.24) is 5.32 Å². The summed E-state index contributed by atoms with van der Waals surface area (Å²) in [4.78, 5) is 35.0. The maximum absolute atomic E-state index is 12.0. The number of aliphatic hydroxyl groups is 2. The van der Waals surface area contributed by atoms with Crippen LogP contribution in [0.15, 0.2) is 47.4 Å². The smallest absolute Gasteiger partial charge is 0.237 e. The molecule has 1 aromatic rings. The summed E-state index contributed by atoms with van der Waals surface area (Å²) in [6.07, 6.45) is 0.800. The van der Waals surface area contributed by atoms with Crippen LogP contribution in [0.4, 0.5) is 0 Å². The fourth-order valence-corrected chi connectivity index (χ4v) is 2.12. The van der Waals surface area contributed by atoms with Gasteiger partial charge in [0.2, 0.25) is 17.5 Å². The summed E-state index contributed by atoms with van der Waals surface area (Å²) < 4.78 is 0. The lowest BCUT2D eigenvalue weighted by Crippen LogP contribution is -2.43. The first-order valence-electron chi connectivity index (χ1n) is 7.02. The predicted molar refractivity (Wildman–Crippen MR) is 90.4 cm³/mol. The summed E-state index contributed by atoms with van der Waals surface area (Å²) >= 11 is 0. The fourth-order valence-electron chi connectivity index (χ4n) is 2.12. The van der Waals surface area contributed by atoms with Crippen molar-refractivity contribution in [2.75, 3.05) is 6.54 Å². The molecule has 134 valence electrons. The molecule has 0 bridgehead atoms. The predicted octanol–water partition coefficient (Wildman–Crippen LogP) is 0.206. The number of phenols is 1. The topological polar surface area (TPSA) is 150 Å². The van der Waals surface area contributed by atoms with Gasteiger partial charge in [-0.2, -0.15) is 0 Å². The van der Waals surface area contributed by atoms with E-state index in [9.17, 15) is 29.7 Å². The minimum absolute atomic E-state index is 0. The Kier molecular flexibility index (Phi) is 6.72. The van der Waals surface area contributed by atoms with E-state index < -0.39 is 47.2 Å². The molecule has 1 aromatic carbocycles. The lowest BCUT2D eigenvalue weighted by Gasteiger charge is -2.15. The zero-order chi connectivity index (χ0) is 17.9. The number of carbonyl (C=O) groups is 3. The second-order valence-corrected chi connectivity index (χ2v) is 5.24. The van der Waals surface area contributed by atoms with Gasteiger partial charge in [0, 0.05) is 6.08 Å². The standard InChI is InChI=1S/C16H16N2O6.ClH/c17-11(5-8-1-3-9(19)4-2-8)16(24)18-7-10-14(22)12(20)6-13(21)15(10)23;/h1-4,6,11,19-20,23H,5,7,17H2,(H,18,24);1H/t11-;/m0./s1. The largest absolute Gasteiger partial charge is 0.508 e. The number of aromatic hydroxyl groups is 1. The molecule has 0 unspecified atom stereocenters. The van der Waals surface area contributed by atoms with E-state index in [0.29, 0.717) is 6.08 Å². The van der Waals surface area contributed by atoms with Crippen LogP contribution in [0.3, 0.4) is 0 Å². The van der Waals surface area contributed by atoms with Crippen molar-refractivity contribution in [3.63, 3.8) is 0 Å². The van der Waals surface area contributed by atoms with E-state index in [0.717, 1.165) is 5.56 Å². The van der Waals surface area contributed by atoms with Crippen molar-refractivity contribution in [2.24, 2.45) is 5.73 Å². The summed E-state index contributed by atoms with van der Waals surface area (Å²) in [5.41, 5.74) is 6.09. The van der Waals surface area contributed by atoms with Gasteiger partial charge in [0.25, 0.3) is 0 Å². The third-order valence-corrected chi connectivity index (χ3v) is 3.46. The Morgan fingerprint density at radius 3 is 2.32 bits per heavy atom. The van der Waals surface area contributed by atoms with E-state index in [4.69, 9.17) is 5.73 Å². The number of halogens is 1. The number of aliphatic hydroxyl groups excluding tert-OH is 2. The number of rotatable bonds is 5. The van der Waals surface area contributed by atoms with Gasteiger partial charge in [0.05, 0.1) is 18.2 Å². The highest BCUT2D eigenvalue weighted by Crippen LogP contribution is 2.15. The van der Waals surface area contributed by atoms with Crippen molar-refractivity contribution in [3.8, 4) is 5.75 Å². The Morgan fingerprint density at radius 1 is 1.12 bits per heavy atom. The van der Waals surface area contributed by atoms with Gasteiger partial charge in [0.15, 0.2) is 11.5 Å². The zero-order valence-corrected chi connectivity index (χ0v) is 13.7. The second kappa shape index (κ2) is 8.32. The van der Waals surface area contributed by atoms with Crippen molar-refractivity contribution < 1.29 is 29.7 Å². The summed E-state index contributed by atoms with van der Waals surface area (Å²) in [6.45, 7) is -0.434. The van der Waals surface area contributed by atoms with E-state index in [-0.39, 0.29) is 24.6 Å². The Morgan fingerprint density at radius 2 is 1.72 bits per heavy atom. The lowest BCUT2D eigenvalue weighted by atomic mass is 9.99. The molecule has 0 aromatic heterocycles. The maximum Gasteiger partial charge on any atom is 0.237 e. The van der Waals surface area contributed by atoms with E-state index in [1.54, 1.807) is 12.1 Å². The van der Waals surface area contributed by atoms with Gasteiger partial charge in [-0.05, 0) is 24.1 Å². The highest BCUT2D eigenvalue weighted by molar-refractivity contribution is 6.21. The molecule has 9 heteroatoms. The van der Waals surface area contributed by atoms with Crippen LogP contribution < -0.4 is 11.1 Å². The number of hydrogen-bond acceptors (Lipinski definition) is 7. The number of phenolic OH excluding ortho intramolecular Hbond substituents is 1. The van der Waals surface area contributed by atoms with Crippen molar-refractivity contribution in [1.29, 1.82) is 0 Å². The molecule has 0 heterocycles. The number of nitrogens with two attached hydrogens (primary N) is 1. The number of nitrogens with one attached hydrogen (secondary N) is 1. The van der Waals surface area contributed by atoms with Gasteiger partial charge in [-0.25, -0.2) is 0 Å². The highest BCUT2D eigenvalue weighted by Gasteiger charge is 2.28. The summed E-state index contributed by atoms with van der Waals surface area (Å²) in [6, 6.07) is 5.22. The Labute approximate surface area is 149 Å². The van der Waals surface area contributed by atoms with Crippen molar-refractivity contribution in [2.45, 2.75) is 12.5 Å². The number of benzene rings is 1. The molecule has 0 radical (unpaired) electrons. The minimum Gasteiger partial charge on any atom is -0.508 e. The number of allylic oxidation sites excluding steroid dienone is 2. The molecule has 1 atom stereocenters. The van der Waals surface area contributed by atoms with Crippen LogP contribution >= 0.6 is 12.4 Å². The fraction of sp³-hybridized carbons (Fsp3) is 0.188. The molecule has 1 amide bonds. The Balaban J connectivity index is 0.00000312. The van der Waals surface area contributed by atoms with Crippen LogP contribution in [0.25, 0.3) is 0 Å². The van der Waals surface area contributed by atoms with Crippen LogP contribution in [0.1, 0.15) is 5.56 Å². The number of amides is 1. The molecule has 0 spiro atoms. The van der Waals surface area contributed by atoms with Gasteiger partial charge in [-0.1, -0.05) is 12.1 Å². The van der Waals surface area contributed by atoms with E-state index in [1.165, 1.54) is 12.1 Å². The van der Waals surface area contributed by atoms with Gasteiger partial charge < -0.3 is 26.4 Å². The molecular weight excluding hydrogens is 352 g/mol. The first kappa shape index (κ1) is 20.2. The minimum atomic E-state index is -0.934. The molecule has 0 saturated carbocycles. The van der Waals surface area contributed by atoms with Crippen LogP contribution in [0.2, 0.25) is 0 Å². The average molecular weight is 369 g/mol. The lowest BCUT2D eigenvalue weighted by molar-refractivity contribution is -0.122. The number of hydrogen-bond donors (Lipinski definition) is 5. The average Bonchev–Trinajstić information content (AvgIpc) is 2.55. The van der Waals surface area contributed by atoms with Gasteiger partial charge in [-0.15, -0.1) is 12.4 Å². The molecule has 1 aliphatic rings. The molecule has 1 aliphatic carbocycles. The van der Waals surface area contributed by atoms with Gasteiger partial charge in [0.1, 0.15) is 5.75 Å². The number of carbonyl (C=O) groups excluding carboxylic acids is 3. The zero-order valence-electron chi connectivity index (χ0n) is 12.9. The molecule has 8 nitrogen and oxygen atoms in total. The molecule has 2 rings (SSSR count). The normalized spacial score (nSPS) is 15.3.